The molecule has 0 bridgehead atoms. The average Bonchev–Trinajstić information content (AvgIpc) is 2.12. The Kier molecular flexibility index (Phi) is 4.57. The van der Waals surface area contributed by atoms with Gasteiger partial charge in [0.1, 0.15) is 11.9 Å². The third-order valence-corrected chi connectivity index (χ3v) is 1.66. The summed E-state index contributed by atoms with van der Waals surface area (Å²) in [6.45, 7) is 0. The largest absolute Gasteiger partial charge is 0.480 e. The highest BCUT2D eigenvalue weighted by atomic mass is 35.5. The highest BCUT2D eigenvalue weighted by Crippen LogP contribution is 2.21. The normalized spacial score (nSPS) is 11.7. The van der Waals surface area contributed by atoms with Crippen molar-refractivity contribution in [3.05, 3.63) is 35.1 Å². The zero-order chi connectivity index (χ0) is 10.9. The lowest BCUT2D eigenvalue weighted by molar-refractivity contribution is -0.138. The zero-order valence-electron chi connectivity index (χ0n) is 7.21. The van der Waals surface area contributed by atoms with E-state index in [0.717, 1.165) is 0 Å². The van der Waals surface area contributed by atoms with E-state index in [9.17, 15) is 18.0 Å². The maximum atomic E-state index is 12.9. The molecule has 0 aromatic heterocycles. The fourth-order valence-corrected chi connectivity index (χ4v) is 0.951. The van der Waals surface area contributed by atoms with E-state index in [0.29, 0.717) is 12.1 Å². The second-order valence-corrected chi connectivity index (χ2v) is 2.57. The molecule has 0 saturated carbocycles. The predicted molar refractivity (Wildman–Crippen MR) is 48.1 cm³/mol. The van der Waals surface area contributed by atoms with E-state index < -0.39 is 35.0 Å². The van der Waals surface area contributed by atoms with Crippen molar-refractivity contribution in [3.63, 3.8) is 0 Å². The molecule has 0 fully saturated rings. The quantitative estimate of drug-likeness (QED) is 0.774. The fourth-order valence-electron chi connectivity index (χ4n) is 0.951. The van der Waals surface area contributed by atoms with Gasteiger partial charge in [-0.15, -0.1) is 12.4 Å². The van der Waals surface area contributed by atoms with Crippen LogP contribution in [0.4, 0.5) is 13.2 Å². The SMILES string of the molecule is Cl.N[C@H](C(=O)O)c1c(F)ccc(F)c1F. The van der Waals surface area contributed by atoms with Gasteiger partial charge in [-0.3, -0.25) is 4.79 Å². The van der Waals surface area contributed by atoms with Crippen LogP contribution in [0.3, 0.4) is 0 Å². The lowest BCUT2D eigenvalue weighted by Crippen LogP contribution is -2.23. The van der Waals surface area contributed by atoms with Gasteiger partial charge in [-0.25, -0.2) is 13.2 Å². The van der Waals surface area contributed by atoms with Gasteiger partial charge in [0, 0.05) is 0 Å². The standard InChI is InChI=1S/C8H6F3NO2.ClH/c9-3-1-2-4(10)6(11)5(3)7(12)8(13)14;/h1-2,7H,12H2,(H,13,14);1H/t7-;/m0./s1. The number of benzene rings is 1. The van der Waals surface area contributed by atoms with Crippen molar-refractivity contribution in [1.29, 1.82) is 0 Å². The summed E-state index contributed by atoms with van der Waals surface area (Å²) in [4.78, 5) is 10.3. The topological polar surface area (TPSA) is 63.3 Å². The maximum absolute atomic E-state index is 12.9. The molecule has 0 radical (unpaired) electrons. The fraction of sp³-hybridized carbons (Fsp3) is 0.125. The van der Waals surface area contributed by atoms with Gasteiger partial charge in [-0.05, 0) is 12.1 Å². The smallest absolute Gasteiger partial charge is 0.325 e. The van der Waals surface area contributed by atoms with Crippen LogP contribution < -0.4 is 5.73 Å². The maximum Gasteiger partial charge on any atom is 0.325 e. The van der Waals surface area contributed by atoms with E-state index in [2.05, 4.69) is 0 Å². The molecule has 0 unspecified atom stereocenters. The molecule has 3 nitrogen and oxygen atoms in total. The van der Waals surface area contributed by atoms with Gasteiger partial charge in [-0.2, -0.15) is 0 Å². The zero-order valence-corrected chi connectivity index (χ0v) is 8.02. The molecule has 1 atom stereocenters. The molecular formula is C8H7ClF3NO2. The van der Waals surface area contributed by atoms with Crippen molar-refractivity contribution < 1.29 is 23.1 Å². The third-order valence-electron chi connectivity index (χ3n) is 1.66. The molecule has 3 N–H and O–H groups in total. The van der Waals surface area contributed by atoms with Crippen LogP contribution in [-0.4, -0.2) is 11.1 Å². The average molecular weight is 242 g/mol. The van der Waals surface area contributed by atoms with Gasteiger partial charge in [0.15, 0.2) is 11.6 Å². The van der Waals surface area contributed by atoms with E-state index in [1.165, 1.54) is 0 Å². The van der Waals surface area contributed by atoms with Crippen molar-refractivity contribution >= 4 is 18.4 Å². The van der Waals surface area contributed by atoms with Crippen molar-refractivity contribution in [1.82, 2.24) is 0 Å². The first-order chi connectivity index (χ1) is 6.45. The summed E-state index contributed by atoms with van der Waals surface area (Å²) in [5, 5.41) is 8.39. The van der Waals surface area contributed by atoms with E-state index in [1.54, 1.807) is 0 Å². The summed E-state index contributed by atoms with van der Waals surface area (Å²) in [6.07, 6.45) is 0. The number of nitrogens with two attached hydrogens (primary N) is 1. The number of carbonyl (C=O) groups is 1. The number of rotatable bonds is 2. The van der Waals surface area contributed by atoms with Crippen LogP contribution in [0, 0.1) is 17.5 Å². The molecule has 1 aromatic rings. The van der Waals surface area contributed by atoms with Crippen molar-refractivity contribution in [2.24, 2.45) is 5.73 Å². The summed E-state index contributed by atoms with van der Waals surface area (Å²) in [7, 11) is 0. The minimum absolute atomic E-state index is 0. The Balaban J connectivity index is 0.00000196. The summed E-state index contributed by atoms with van der Waals surface area (Å²) in [5.74, 6) is -5.72. The molecule has 84 valence electrons. The summed E-state index contributed by atoms with van der Waals surface area (Å²) in [5.41, 5.74) is 3.99. The predicted octanol–water partition coefficient (Wildman–Crippen LogP) is 1.61. The van der Waals surface area contributed by atoms with Crippen LogP contribution in [0.25, 0.3) is 0 Å². The van der Waals surface area contributed by atoms with Crippen LogP contribution >= 0.6 is 12.4 Å². The molecule has 0 spiro atoms. The minimum Gasteiger partial charge on any atom is -0.480 e. The molecule has 1 rings (SSSR count). The van der Waals surface area contributed by atoms with E-state index >= 15 is 0 Å². The highest BCUT2D eigenvalue weighted by Gasteiger charge is 2.24. The lowest BCUT2D eigenvalue weighted by Gasteiger charge is -2.09. The van der Waals surface area contributed by atoms with E-state index in [-0.39, 0.29) is 12.4 Å². The minimum atomic E-state index is -1.91. The molecule has 0 heterocycles. The van der Waals surface area contributed by atoms with Gasteiger partial charge in [-0.1, -0.05) is 0 Å². The Morgan fingerprint density at radius 1 is 1.27 bits per heavy atom. The Labute approximate surface area is 89.1 Å². The van der Waals surface area contributed by atoms with Crippen LogP contribution in [0.1, 0.15) is 11.6 Å². The number of halogens is 4. The molecule has 0 aliphatic heterocycles. The van der Waals surface area contributed by atoms with Crippen molar-refractivity contribution in [3.8, 4) is 0 Å². The third kappa shape index (κ3) is 2.60. The second kappa shape index (κ2) is 4.99. The molecule has 0 saturated heterocycles. The Morgan fingerprint density at radius 2 is 1.73 bits per heavy atom. The molecule has 7 heteroatoms. The highest BCUT2D eigenvalue weighted by molar-refractivity contribution is 5.85. The number of carboxylic acids is 1. The van der Waals surface area contributed by atoms with Gasteiger partial charge in [0.2, 0.25) is 0 Å². The van der Waals surface area contributed by atoms with Gasteiger partial charge in [0.25, 0.3) is 0 Å². The van der Waals surface area contributed by atoms with Crippen LogP contribution in [0.5, 0.6) is 0 Å². The number of hydrogen-bond acceptors (Lipinski definition) is 2. The summed E-state index contributed by atoms with van der Waals surface area (Å²) >= 11 is 0. The second-order valence-electron chi connectivity index (χ2n) is 2.57. The monoisotopic (exact) mass is 241 g/mol. The van der Waals surface area contributed by atoms with Crippen molar-refractivity contribution in [2.75, 3.05) is 0 Å². The molecular weight excluding hydrogens is 235 g/mol. The van der Waals surface area contributed by atoms with Crippen LogP contribution in [-0.2, 0) is 4.79 Å². The Hall–Kier alpha value is -1.27. The first-order valence-corrected chi connectivity index (χ1v) is 3.57. The molecule has 0 aliphatic carbocycles. The Bertz CT molecular complexity index is 386. The summed E-state index contributed by atoms with van der Waals surface area (Å²) < 4.78 is 38.4. The number of carboxylic acid groups (broad SMARTS) is 1. The van der Waals surface area contributed by atoms with Crippen molar-refractivity contribution in [2.45, 2.75) is 6.04 Å². The molecule has 1 aromatic carbocycles. The summed E-state index contributed by atoms with van der Waals surface area (Å²) in [6, 6.07) is -0.732. The first-order valence-electron chi connectivity index (χ1n) is 3.57. The van der Waals surface area contributed by atoms with E-state index in [4.69, 9.17) is 10.8 Å². The number of hydrogen-bond donors (Lipinski definition) is 2. The first kappa shape index (κ1) is 13.7. The Morgan fingerprint density at radius 3 is 2.20 bits per heavy atom. The van der Waals surface area contributed by atoms with Gasteiger partial charge >= 0.3 is 5.97 Å². The van der Waals surface area contributed by atoms with Crippen LogP contribution in [0.15, 0.2) is 12.1 Å². The lowest BCUT2D eigenvalue weighted by atomic mass is 10.1. The van der Waals surface area contributed by atoms with E-state index in [1.807, 2.05) is 0 Å². The van der Waals surface area contributed by atoms with Gasteiger partial charge < -0.3 is 10.8 Å². The molecule has 0 amide bonds. The molecule has 0 aliphatic rings. The molecule has 15 heavy (non-hydrogen) atoms. The van der Waals surface area contributed by atoms with Crippen LogP contribution in [0.2, 0.25) is 0 Å². The number of aliphatic carboxylic acids is 1. The van der Waals surface area contributed by atoms with Gasteiger partial charge in [0.05, 0.1) is 5.56 Å².